The first kappa shape index (κ1) is 23.9. The van der Waals surface area contributed by atoms with Crippen molar-refractivity contribution in [2.24, 2.45) is 0 Å². The molecule has 1 rings (SSSR count). The first-order valence-electron chi connectivity index (χ1n) is 9.20. The molecule has 1 aromatic carbocycles. The van der Waals surface area contributed by atoms with Crippen LogP contribution in [0.15, 0.2) is 30.3 Å². The molecule has 9 nitrogen and oxygen atoms in total. The fourth-order valence-corrected chi connectivity index (χ4v) is 2.31. The zero-order chi connectivity index (χ0) is 22.0. The lowest BCUT2D eigenvalue weighted by molar-refractivity contribution is -0.145. The van der Waals surface area contributed by atoms with E-state index in [4.69, 9.17) is 9.47 Å². The van der Waals surface area contributed by atoms with E-state index in [1.54, 1.807) is 20.8 Å². The molecule has 9 heteroatoms. The Morgan fingerprint density at radius 3 is 2.21 bits per heavy atom. The minimum atomic E-state index is -0.925. The van der Waals surface area contributed by atoms with Crippen molar-refractivity contribution in [1.29, 1.82) is 0 Å². The van der Waals surface area contributed by atoms with Gasteiger partial charge in [0.15, 0.2) is 0 Å². The van der Waals surface area contributed by atoms with Crippen LogP contribution in [0.1, 0.15) is 33.3 Å². The molecule has 0 saturated heterocycles. The summed E-state index contributed by atoms with van der Waals surface area (Å²) in [6.07, 6.45) is -0.488. The van der Waals surface area contributed by atoms with Gasteiger partial charge in [0.1, 0.15) is 24.2 Å². The third-order valence-corrected chi connectivity index (χ3v) is 3.65. The maximum atomic E-state index is 12.4. The number of amides is 3. The maximum absolute atomic E-state index is 12.4. The van der Waals surface area contributed by atoms with Gasteiger partial charge in [-0.15, -0.1) is 0 Å². The van der Waals surface area contributed by atoms with Crippen LogP contribution in [0.25, 0.3) is 0 Å². The third-order valence-electron chi connectivity index (χ3n) is 3.65. The largest absolute Gasteiger partial charge is 0.467 e. The highest BCUT2D eigenvalue weighted by molar-refractivity contribution is 5.91. The smallest absolute Gasteiger partial charge is 0.408 e. The molecule has 0 aliphatic rings. The van der Waals surface area contributed by atoms with Gasteiger partial charge in [0.05, 0.1) is 7.11 Å². The van der Waals surface area contributed by atoms with Gasteiger partial charge in [0.25, 0.3) is 0 Å². The van der Waals surface area contributed by atoms with Crippen molar-refractivity contribution in [3.8, 4) is 0 Å². The van der Waals surface area contributed by atoms with Gasteiger partial charge in [-0.2, -0.15) is 0 Å². The molecule has 0 bridgehead atoms. The minimum Gasteiger partial charge on any atom is -0.467 e. The highest BCUT2D eigenvalue weighted by atomic mass is 16.6. The zero-order valence-corrected chi connectivity index (χ0v) is 17.4. The molecule has 160 valence electrons. The Bertz CT molecular complexity index is 715. The highest BCUT2D eigenvalue weighted by Crippen LogP contribution is 2.06. The average molecular weight is 407 g/mol. The highest BCUT2D eigenvalue weighted by Gasteiger charge is 2.25. The molecular weight excluding hydrogens is 378 g/mol. The number of carbonyl (C=O) groups is 4. The monoisotopic (exact) mass is 407 g/mol. The molecule has 29 heavy (non-hydrogen) atoms. The van der Waals surface area contributed by atoms with Crippen molar-refractivity contribution in [3.05, 3.63) is 35.9 Å². The standard InChI is InChI=1S/C20H29N3O6/c1-13(22-16(24)12-21-19(27)29-20(2,3)4)17(25)23-15(18(26)28-5)11-14-9-7-6-8-10-14/h6-10,13,15H,11-12H2,1-5H3,(H,21,27)(H,22,24)(H,23,25). The number of rotatable bonds is 8. The quantitative estimate of drug-likeness (QED) is 0.551. The van der Waals surface area contributed by atoms with Crippen LogP contribution in [-0.4, -0.2) is 55.2 Å². The van der Waals surface area contributed by atoms with Crippen LogP contribution >= 0.6 is 0 Å². The second-order valence-electron chi connectivity index (χ2n) is 7.42. The van der Waals surface area contributed by atoms with Crippen LogP contribution in [0.3, 0.4) is 0 Å². The van der Waals surface area contributed by atoms with Crippen LogP contribution < -0.4 is 16.0 Å². The van der Waals surface area contributed by atoms with Gasteiger partial charge in [0, 0.05) is 6.42 Å². The number of hydrogen-bond donors (Lipinski definition) is 3. The van der Waals surface area contributed by atoms with Crippen LogP contribution in [0.4, 0.5) is 4.79 Å². The first-order valence-corrected chi connectivity index (χ1v) is 9.20. The summed E-state index contributed by atoms with van der Waals surface area (Å²) in [4.78, 5) is 47.9. The van der Waals surface area contributed by atoms with Crippen LogP contribution in [-0.2, 0) is 30.3 Å². The summed E-state index contributed by atoms with van der Waals surface area (Å²) in [6.45, 7) is 6.22. The Balaban J connectivity index is 2.56. The van der Waals surface area contributed by atoms with E-state index in [0.29, 0.717) is 0 Å². The molecule has 2 unspecified atom stereocenters. The number of benzene rings is 1. The molecule has 0 saturated carbocycles. The van der Waals surface area contributed by atoms with E-state index in [0.717, 1.165) is 5.56 Å². The normalized spacial score (nSPS) is 12.9. The lowest BCUT2D eigenvalue weighted by Gasteiger charge is -2.21. The van der Waals surface area contributed by atoms with Gasteiger partial charge in [-0.3, -0.25) is 9.59 Å². The molecule has 2 atom stereocenters. The van der Waals surface area contributed by atoms with E-state index in [9.17, 15) is 19.2 Å². The van der Waals surface area contributed by atoms with Gasteiger partial charge < -0.3 is 25.4 Å². The fourth-order valence-electron chi connectivity index (χ4n) is 2.31. The molecule has 1 aromatic rings. The first-order chi connectivity index (χ1) is 13.5. The minimum absolute atomic E-state index is 0.250. The van der Waals surface area contributed by atoms with Crippen molar-refractivity contribution in [1.82, 2.24) is 16.0 Å². The zero-order valence-electron chi connectivity index (χ0n) is 17.4. The number of esters is 1. The Morgan fingerprint density at radius 2 is 1.66 bits per heavy atom. The number of ether oxygens (including phenoxy) is 2. The molecule has 0 heterocycles. The number of nitrogens with one attached hydrogen (secondary N) is 3. The number of hydrogen-bond acceptors (Lipinski definition) is 6. The van der Waals surface area contributed by atoms with Crippen molar-refractivity contribution < 1.29 is 28.7 Å². The SMILES string of the molecule is COC(=O)C(Cc1ccccc1)NC(=O)C(C)NC(=O)CNC(=O)OC(C)(C)C. The van der Waals surface area contributed by atoms with Crippen LogP contribution in [0.5, 0.6) is 0 Å². The summed E-state index contributed by atoms with van der Waals surface area (Å²) in [7, 11) is 1.24. The van der Waals surface area contributed by atoms with Crippen molar-refractivity contribution in [3.63, 3.8) is 0 Å². The molecule has 3 amide bonds. The summed E-state index contributed by atoms with van der Waals surface area (Å²) < 4.78 is 9.78. The summed E-state index contributed by atoms with van der Waals surface area (Å²) in [5.41, 5.74) is 0.163. The second-order valence-corrected chi connectivity index (χ2v) is 7.42. The summed E-state index contributed by atoms with van der Waals surface area (Å²) in [5.74, 6) is -1.72. The average Bonchev–Trinajstić information content (AvgIpc) is 2.64. The summed E-state index contributed by atoms with van der Waals surface area (Å²) in [5, 5.41) is 7.33. The molecule has 0 radical (unpaired) electrons. The molecule has 3 N–H and O–H groups in total. The molecule has 0 aliphatic heterocycles. The predicted octanol–water partition coefficient (Wildman–Crippen LogP) is 0.916. The van der Waals surface area contributed by atoms with E-state index in [1.165, 1.54) is 14.0 Å². The molecular formula is C20H29N3O6. The van der Waals surface area contributed by atoms with Gasteiger partial charge >= 0.3 is 12.1 Å². The van der Waals surface area contributed by atoms with E-state index in [2.05, 4.69) is 16.0 Å². The maximum Gasteiger partial charge on any atom is 0.408 e. The van der Waals surface area contributed by atoms with E-state index >= 15 is 0 Å². The Kier molecular flexibility index (Phi) is 9.11. The Morgan fingerprint density at radius 1 is 1.03 bits per heavy atom. The number of alkyl carbamates (subject to hydrolysis) is 1. The van der Waals surface area contributed by atoms with E-state index < -0.39 is 41.6 Å². The predicted molar refractivity (Wildman–Crippen MR) is 106 cm³/mol. The topological polar surface area (TPSA) is 123 Å². The molecule has 0 aromatic heterocycles. The van der Waals surface area contributed by atoms with Crippen molar-refractivity contribution in [2.75, 3.05) is 13.7 Å². The van der Waals surface area contributed by atoms with Gasteiger partial charge in [-0.05, 0) is 33.3 Å². The molecule has 0 aliphatic carbocycles. The Hall–Kier alpha value is -3.10. The summed E-state index contributed by atoms with van der Waals surface area (Å²) in [6, 6.07) is 7.33. The van der Waals surface area contributed by atoms with Gasteiger partial charge in [-0.25, -0.2) is 9.59 Å². The van der Waals surface area contributed by atoms with Crippen molar-refractivity contribution in [2.45, 2.75) is 51.8 Å². The number of carbonyl (C=O) groups excluding carboxylic acids is 4. The molecule has 0 fully saturated rings. The second kappa shape index (κ2) is 11.0. The summed E-state index contributed by atoms with van der Waals surface area (Å²) >= 11 is 0. The fraction of sp³-hybridized carbons (Fsp3) is 0.500. The third kappa shape index (κ3) is 9.59. The van der Waals surface area contributed by atoms with Crippen LogP contribution in [0.2, 0.25) is 0 Å². The van der Waals surface area contributed by atoms with Crippen molar-refractivity contribution >= 4 is 23.9 Å². The van der Waals surface area contributed by atoms with Gasteiger partial charge in [0.2, 0.25) is 11.8 Å². The van der Waals surface area contributed by atoms with Gasteiger partial charge in [-0.1, -0.05) is 30.3 Å². The lowest BCUT2D eigenvalue weighted by Crippen LogP contribution is -2.52. The molecule has 0 spiro atoms. The lowest BCUT2D eigenvalue weighted by atomic mass is 10.1. The van der Waals surface area contributed by atoms with E-state index in [-0.39, 0.29) is 13.0 Å². The van der Waals surface area contributed by atoms with E-state index in [1.807, 2.05) is 30.3 Å². The Labute approximate surface area is 170 Å². The number of methoxy groups -OCH3 is 1. The van der Waals surface area contributed by atoms with Crippen LogP contribution in [0, 0.1) is 0 Å².